The fourth-order valence-corrected chi connectivity index (χ4v) is 1.86. The Bertz CT molecular complexity index is 364. The maximum absolute atomic E-state index is 12.7. The van der Waals surface area contributed by atoms with Crippen molar-refractivity contribution < 1.29 is 9.18 Å². The number of amides is 1. The minimum absolute atomic E-state index is 0.0513. The van der Waals surface area contributed by atoms with Crippen LogP contribution in [0.25, 0.3) is 0 Å². The molecule has 1 saturated heterocycles. The van der Waals surface area contributed by atoms with Crippen LogP contribution in [0.1, 0.15) is 12.0 Å². The SMILES string of the molecule is O=C1CNCC(CCc2ccc(F)cc2)N1. The summed E-state index contributed by atoms with van der Waals surface area (Å²) in [5.74, 6) is -0.160. The molecular formula is C12H15FN2O. The second kappa shape index (κ2) is 5.07. The van der Waals surface area contributed by atoms with Crippen molar-refractivity contribution in [3.05, 3.63) is 35.6 Å². The number of halogens is 1. The predicted octanol–water partition coefficient (Wildman–Crippen LogP) is 0.846. The zero-order valence-corrected chi connectivity index (χ0v) is 9.00. The lowest BCUT2D eigenvalue weighted by molar-refractivity contribution is -0.122. The topological polar surface area (TPSA) is 41.1 Å². The van der Waals surface area contributed by atoms with Gasteiger partial charge in [-0.15, -0.1) is 0 Å². The van der Waals surface area contributed by atoms with Gasteiger partial charge in [-0.05, 0) is 30.5 Å². The second-order valence-electron chi connectivity index (χ2n) is 4.06. The third-order valence-electron chi connectivity index (χ3n) is 2.74. The first kappa shape index (κ1) is 11.1. The largest absolute Gasteiger partial charge is 0.351 e. The first-order valence-corrected chi connectivity index (χ1v) is 5.48. The van der Waals surface area contributed by atoms with E-state index in [1.165, 1.54) is 12.1 Å². The van der Waals surface area contributed by atoms with Gasteiger partial charge in [-0.2, -0.15) is 0 Å². The molecule has 1 amide bonds. The van der Waals surface area contributed by atoms with Crippen LogP contribution >= 0.6 is 0 Å². The van der Waals surface area contributed by atoms with Gasteiger partial charge in [-0.3, -0.25) is 4.79 Å². The van der Waals surface area contributed by atoms with Gasteiger partial charge in [0.2, 0.25) is 5.91 Å². The molecule has 1 heterocycles. The van der Waals surface area contributed by atoms with E-state index in [9.17, 15) is 9.18 Å². The third kappa shape index (κ3) is 3.03. The summed E-state index contributed by atoms with van der Waals surface area (Å²) >= 11 is 0. The Balaban J connectivity index is 1.82. The van der Waals surface area contributed by atoms with E-state index in [-0.39, 0.29) is 17.8 Å². The highest BCUT2D eigenvalue weighted by Crippen LogP contribution is 2.07. The normalized spacial score (nSPS) is 20.6. The molecule has 86 valence electrons. The van der Waals surface area contributed by atoms with E-state index < -0.39 is 0 Å². The van der Waals surface area contributed by atoms with Gasteiger partial charge < -0.3 is 10.6 Å². The number of carbonyl (C=O) groups is 1. The Labute approximate surface area is 94.0 Å². The van der Waals surface area contributed by atoms with E-state index in [4.69, 9.17) is 0 Å². The third-order valence-corrected chi connectivity index (χ3v) is 2.74. The van der Waals surface area contributed by atoms with Crippen LogP contribution in [0.2, 0.25) is 0 Å². The van der Waals surface area contributed by atoms with Crippen molar-refractivity contribution in [3.8, 4) is 0 Å². The Hall–Kier alpha value is -1.42. The number of hydrogen-bond donors (Lipinski definition) is 2. The summed E-state index contributed by atoms with van der Waals surface area (Å²) < 4.78 is 12.7. The number of hydrogen-bond acceptors (Lipinski definition) is 2. The Morgan fingerprint density at radius 2 is 2.06 bits per heavy atom. The minimum Gasteiger partial charge on any atom is -0.351 e. The maximum Gasteiger partial charge on any atom is 0.234 e. The van der Waals surface area contributed by atoms with Crippen molar-refractivity contribution in [3.63, 3.8) is 0 Å². The molecule has 1 fully saturated rings. The van der Waals surface area contributed by atoms with Gasteiger partial charge in [-0.25, -0.2) is 4.39 Å². The number of aryl methyl sites for hydroxylation is 1. The molecule has 0 bridgehead atoms. The molecule has 0 spiro atoms. The van der Waals surface area contributed by atoms with E-state index in [1.807, 2.05) is 0 Å². The van der Waals surface area contributed by atoms with Gasteiger partial charge >= 0.3 is 0 Å². The number of nitrogens with one attached hydrogen (secondary N) is 2. The molecule has 0 saturated carbocycles. The van der Waals surface area contributed by atoms with Gasteiger partial charge in [0.05, 0.1) is 6.54 Å². The highest BCUT2D eigenvalue weighted by molar-refractivity contribution is 5.79. The van der Waals surface area contributed by atoms with Gasteiger partial charge in [0.15, 0.2) is 0 Å². The fraction of sp³-hybridized carbons (Fsp3) is 0.417. The average molecular weight is 222 g/mol. The number of carbonyl (C=O) groups excluding carboxylic acids is 1. The molecule has 1 atom stereocenters. The second-order valence-corrected chi connectivity index (χ2v) is 4.06. The molecule has 2 N–H and O–H groups in total. The molecule has 16 heavy (non-hydrogen) atoms. The molecule has 1 unspecified atom stereocenters. The van der Waals surface area contributed by atoms with Gasteiger partial charge in [0, 0.05) is 12.6 Å². The quantitative estimate of drug-likeness (QED) is 0.796. The van der Waals surface area contributed by atoms with Crippen molar-refractivity contribution >= 4 is 5.91 Å². The van der Waals surface area contributed by atoms with Gasteiger partial charge in [0.1, 0.15) is 5.82 Å². The van der Waals surface area contributed by atoms with Crippen molar-refractivity contribution in [1.82, 2.24) is 10.6 Å². The zero-order chi connectivity index (χ0) is 11.4. The smallest absolute Gasteiger partial charge is 0.234 e. The molecule has 1 aliphatic rings. The van der Waals surface area contributed by atoms with Crippen LogP contribution < -0.4 is 10.6 Å². The van der Waals surface area contributed by atoms with Crippen LogP contribution in [0, 0.1) is 5.82 Å². The summed E-state index contributed by atoms with van der Waals surface area (Å²) in [7, 11) is 0. The van der Waals surface area contributed by atoms with Crippen LogP contribution in [-0.2, 0) is 11.2 Å². The molecule has 1 aromatic rings. The van der Waals surface area contributed by atoms with E-state index in [2.05, 4.69) is 10.6 Å². The molecule has 1 aromatic carbocycles. The average Bonchev–Trinajstić information content (AvgIpc) is 2.28. The van der Waals surface area contributed by atoms with Crippen molar-refractivity contribution in [2.45, 2.75) is 18.9 Å². The van der Waals surface area contributed by atoms with Crippen LogP contribution in [-0.4, -0.2) is 25.0 Å². The predicted molar refractivity (Wildman–Crippen MR) is 59.5 cm³/mol. The molecule has 2 rings (SSSR count). The minimum atomic E-state index is -0.212. The molecule has 4 heteroatoms. The Kier molecular flexibility index (Phi) is 3.51. The molecule has 0 radical (unpaired) electrons. The van der Waals surface area contributed by atoms with Crippen molar-refractivity contribution in [2.75, 3.05) is 13.1 Å². The summed E-state index contributed by atoms with van der Waals surface area (Å²) in [6.45, 7) is 1.22. The monoisotopic (exact) mass is 222 g/mol. The summed E-state index contributed by atoms with van der Waals surface area (Å²) in [5.41, 5.74) is 1.10. The van der Waals surface area contributed by atoms with Crippen molar-refractivity contribution in [2.24, 2.45) is 0 Å². The summed E-state index contributed by atoms with van der Waals surface area (Å²) in [6, 6.07) is 6.69. The standard InChI is InChI=1S/C12H15FN2O/c13-10-4-1-9(2-5-10)3-6-11-7-14-8-12(16)15-11/h1-2,4-5,11,14H,3,6-8H2,(H,15,16). The first-order valence-electron chi connectivity index (χ1n) is 5.48. The number of benzene rings is 1. The lowest BCUT2D eigenvalue weighted by Crippen LogP contribution is -2.52. The maximum atomic E-state index is 12.7. The molecule has 0 aromatic heterocycles. The summed E-state index contributed by atoms with van der Waals surface area (Å²) in [4.78, 5) is 11.1. The van der Waals surface area contributed by atoms with E-state index in [1.54, 1.807) is 12.1 Å². The number of piperazine rings is 1. The van der Waals surface area contributed by atoms with Crippen LogP contribution in [0.3, 0.4) is 0 Å². The number of rotatable bonds is 3. The van der Waals surface area contributed by atoms with Gasteiger partial charge in [-0.1, -0.05) is 12.1 Å². The highest BCUT2D eigenvalue weighted by Gasteiger charge is 2.16. The van der Waals surface area contributed by atoms with E-state index >= 15 is 0 Å². The van der Waals surface area contributed by atoms with Crippen LogP contribution in [0.15, 0.2) is 24.3 Å². The first-order chi connectivity index (χ1) is 7.74. The van der Waals surface area contributed by atoms with E-state index in [0.29, 0.717) is 6.54 Å². The van der Waals surface area contributed by atoms with Crippen molar-refractivity contribution in [1.29, 1.82) is 0 Å². The Morgan fingerprint density at radius 1 is 1.31 bits per heavy atom. The highest BCUT2D eigenvalue weighted by atomic mass is 19.1. The summed E-state index contributed by atoms with van der Waals surface area (Å²) in [5, 5.41) is 5.98. The fourth-order valence-electron chi connectivity index (χ4n) is 1.86. The lowest BCUT2D eigenvalue weighted by atomic mass is 10.0. The molecule has 1 aliphatic heterocycles. The summed E-state index contributed by atoms with van der Waals surface area (Å²) in [6.07, 6.45) is 1.73. The van der Waals surface area contributed by atoms with E-state index in [0.717, 1.165) is 24.9 Å². The van der Waals surface area contributed by atoms with Crippen LogP contribution in [0.4, 0.5) is 4.39 Å². The van der Waals surface area contributed by atoms with Gasteiger partial charge in [0.25, 0.3) is 0 Å². The Morgan fingerprint density at radius 3 is 2.75 bits per heavy atom. The molecular weight excluding hydrogens is 207 g/mol. The lowest BCUT2D eigenvalue weighted by Gasteiger charge is -2.24. The molecule has 3 nitrogen and oxygen atoms in total. The molecule has 0 aliphatic carbocycles. The zero-order valence-electron chi connectivity index (χ0n) is 9.00. The van der Waals surface area contributed by atoms with Crippen LogP contribution in [0.5, 0.6) is 0 Å².